The molecule has 0 aliphatic heterocycles. The van der Waals surface area contributed by atoms with E-state index in [0.717, 1.165) is 57.8 Å². The van der Waals surface area contributed by atoms with Gasteiger partial charge in [-0.15, -0.1) is 0 Å². The van der Waals surface area contributed by atoms with Gasteiger partial charge in [-0.2, -0.15) is 0 Å². The van der Waals surface area contributed by atoms with Crippen molar-refractivity contribution >= 4 is 11.9 Å². The Balaban J connectivity index is 3.42. The van der Waals surface area contributed by atoms with E-state index in [2.05, 4.69) is 31.3 Å². The number of nitrogens with one attached hydrogen (secondary N) is 1. The second kappa shape index (κ2) is 54.0. The molecule has 0 aromatic rings. The lowest BCUT2D eigenvalue weighted by atomic mass is 10.0. The molecule has 6 heteroatoms. The minimum absolute atomic E-state index is 0.00634. The van der Waals surface area contributed by atoms with Crippen LogP contribution in [0.25, 0.3) is 0 Å². The summed E-state index contributed by atoms with van der Waals surface area (Å²) in [7, 11) is 0. The molecule has 378 valence electrons. The van der Waals surface area contributed by atoms with Crippen LogP contribution in [0.4, 0.5) is 0 Å². The van der Waals surface area contributed by atoms with Crippen molar-refractivity contribution in [1.82, 2.24) is 5.32 Å². The minimum atomic E-state index is -0.851. The molecule has 2 unspecified atom stereocenters. The first kappa shape index (κ1) is 62.3. The Bertz CT molecular complexity index is 997. The molecule has 3 N–H and O–H groups in total. The quantitative estimate of drug-likeness (QED) is 0.0321. The van der Waals surface area contributed by atoms with Gasteiger partial charge >= 0.3 is 5.97 Å². The van der Waals surface area contributed by atoms with Crippen LogP contribution in [0.15, 0.2) is 24.3 Å². The Labute approximate surface area is 399 Å². The van der Waals surface area contributed by atoms with Crippen molar-refractivity contribution in [1.29, 1.82) is 0 Å². The van der Waals surface area contributed by atoms with E-state index >= 15 is 0 Å². The third-order valence-corrected chi connectivity index (χ3v) is 13.2. The zero-order chi connectivity index (χ0) is 46.5. The van der Waals surface area contributed by atoms with Crippen molar-refractivity contribution < 1.29 is 24.5 Å². The Hall–Kier alpha value is -1.66. The molecule has 0 saturated carbocycles. The molecule has 2 atom stereocenters. The molecule has 0 aliphatic rings. The molecular formula is C58H111NO5. The molecule has 0 aromatic heterocycles. The first-order valence-corrected chi connectivity index (χ1v) is 28.6. The van der Waals surface area contributed by atoms with Crippen molar-refractivity contribution in [2.75, 3.05) is 13.2 Å². The molecule has 0 heterocycles. The van der Waals surface area contributed by atoms with Gasteiger partial charge in [-0.1, -0.05) is 263 Å². The van der Waals surface area contributed by atoms with Gasteiger partial charge < -0.3 is 20.3 Å². The number of carbonyl (C=O) groups is 2. The fourth-order valence-electron chi connectivity index (χ4n) is 8.81. The fourth-order valence-corrected chi connectivity index (χ4v) is 8.81. The number of carbonyl (C=O) groups excluding carboxylic acids is 2. The van der Waals surface area contributed by atoms with Gasteiger partial charge in [0, 0.05) is 12.8 Å². The highest BCUT2D eigenvalue weighted by molar-refractivity contribution is 5.76. The highest BCUT2D eigenvalue weighted by atomic mass is 16.5. The summed E-state index contributed by atoms with van der Waals surface area (Å²) < 4.78 is 5.49. The predicted molar refractivity (Wildman–Crippen MR) is 278 cm³/mol. The number of hydrogen-bond donors (Lipinski definition) is 3. The average molecular weight is 903 g/mol. The highest BCUT2D eigenvalue weighted by Crippen LogP contribution is 2.17. The molecule has 0 radical (unpaired) electrons. The summed E-state index contributed by atoms with van der Waals surface area (Å²) in [5, 5.41) is 23.0. The summed E-state index contributed by atoms with van der Waals surface area (Å²) in [6.07, 6.45) is 64.9. The van der Waals surface area contributed by atoms with Crippen LogP contribution >= 0.6 is 0 Å². The predicted octanol–water partition coefficient (Wildman–Crippen LogP) is 17.5. The Morgan fingerprint density at radius 3 is 1.11 bits per heavy atom. The molecule has 0 rings (SSSR count). The standard InChI is InChI=1S/C58H111NO5/c1-3-5-7-9-11-13-15-16-17-18-22-25-28-32-36-40-44-48-52-58(63)64-53-49-45-41-37-33-29-26-23-20-19-21-24-27-31-35-39-43-47-51-57(62)59-55(54-60)56(61)50-46-42-38-34-30-14-12-10-8-6-4-2/h21,24,46,50,55-56,60-61H,3-20,22-23,25-45,47-49,51-54H2,1-2H3,(H,59,62)/b24-21-,50-46+. The van der Waals surface area contributed by atoms with Crippen LogP contribution in [0.2, 0.25) is 0 Å². The van der Waals surface area contributed by atoms with Gasteiger partial charge in [-0.3, -0.25) is 9.59 Å². The molecule has 1 amide bonds. The number of allylic oxidation sites excluding steroid dienone is 3. The first-order valence-electron chi connectivity index (χ1n) is 28.6. The number of aliphatic hydroxyl groups is 2. The van der Waals surface area contributed by atoms with Gasteiger partial charge in [0.1, 0.15) is 0 Å². The van der Waals surface area contributed by atoms with Crippen LogP contribution in [0.5, 0.6) is 0 Å². The molecule has 0 saturated heterocycles. The third-order valence-electron chi connectivity index (χ3n) is 13.2. The van der Waals surface area contributed by atoms with Crippen molar-refractivity contribution in [2.24, 2.45) is 0 Å². The van der Waals surface area contributed by atoms with Crippen LogP contribution in [-0.4, -0.2) is 47.4 Å². The molecule has 0 fully saturated rings. The summed E-state index contributed by atoms with van der Waals surface area (Å²) >= 11 is 0. The molecule has 6 nitrogen and oxygen atoms in total. The zero-order valence-corrected chi connectivity index (χ0v) is 43.0. The number of amides is 1. The monoisotopic (exact) mass is 902 g/mol. The van der Waals surface area contributed by atoms with Crippen LogP contribution in [0.3, 0.4) is 0 Å². The number of ether oxygens (including phenoxy) is 1. The van der Waals surface area contributed by atoms with Gasteiger partial charge in [0.15, 0.2) is 0 Å². The van der Waals surface area contributed by atoms with Crippen molar-refractivity contribution in [3.8, 4) is 0 Å². The molecule has 0 spiro atoms. The fraction of sp³-hybridized carbons (Fsp3) is 0.897. The first-order chi connectivity index (χ1) is 31.5. The van der Waals surface area contributed by atoms with Gasteiger partial charge in [-0.05, 0) is 57.8 Å². The van der Waals surface area contributed by atoms with Crippen LogP contribution in [0.1, 0.15) is 309 Å². The van der Waals surface area contributed by atoms with Crippen molar-refractivity contribution in [2.45, 2.75) is 321 Å². The number of aliphatic hydroxyl groups excluding tert-OH is 2. The number of unbranched alkanes of at least 4 members (excludes halogenated alkanes) is 40. The number of hydrogen-bond acceptors (Lipinski definition) is 5. The maximum absolute atomic E-state index is 12.4. The topological polar surface area (TPSA) is 95.9 Å². The summed E-state index contributed by atoms with van der Waals surface area (Å²) in [5.74, 6) is -0.0768. The molecular weight excluding hydrogens is 791 g/mol. The molecule has 0 aromatic carbocycles. The van der Waals surface area contributed by atoms with Crippen LogP contribution in [0, 0.1) is 0 Å². The maximum Gasteiger partial charge on any atom is 0.305 e. The number of rotatable bonds is 53. The maximum atomic E-state index is 12.4. The largest absolute Gasteiger partial charge is 0.466 e. The van der Waals surface area contributed by atoms with E-state index in [9.17, 15) is 19.8 Å². The van der Waals surface area contributed by atoms with E-state index in [1.54, 1.807) is 6.08 Å². The Morgan fingerprint density at radius 2 is 0.734 bits per heavy atom. The van der Waals surface area contributed by atoms with Crippen molar-refractivity contribution in [3.63, 3.8) is 0 Å². The van der Waals surface area contributed by atoms with E-state index in [1.807, 2.05) is 6.08 Å². The SMILES string of the molecule is CCCCCCCCCCC/C=C/C(O)C(CO)NC(=O)CCCCCCC/C=C\CCCCCCCCCCCOC(=O)CCCCCCCCCCCCCCCCCCCC. The van der Waals surface area contributed by atoms with Crippen LogP contribution in [-0.2, 0) is 14.3 Å². The van der Waals surface area contributed by atoms with Crippen LogP contribution < -0.4 is 5.32 Å². The Kier molecular flexibility index (Phi) is 52.6. The number of esters is 1. The minimum Gasteiger partial charge on any atom is -0.466 e. The van der Waals surface area contributed by atoms with E-state index in [4.69, 9.17) is 4.74 Å². The van der Waals surface area contributed by atoms with E-state index in [0.29, 0.717) is 19.4 Å². The third kappa shape index (κ3) is 49.8. The lowest BCUT2D eigenvalue weighted by Gasteiger charge is -2.20. The lowest BCUT2D eigenvalue weighted by molar-refractivity contribution is -0.143. The Morgan fingerprint density at radius 1 is 0.422 bits per heavy atom. The molecule has 64 heavy (non-hydrogen) atoms. The average Bonchev–Trinajstić information content (AvgIpc) is 3.29. The lowest BCUT2D eigenvalue weighted by Crippen LogP contribution is -2.45. The van der Waals surface area contributed by atoms with E-state index in [-0.39, 0.29) is 18.5 Å². The van der Waals surface area contributed by atoms with Gasteiger partial charge in [0.2, 0.25) is 5.91 Å². The normalized spacial score (nSPS) is 12.8. The zero-order valence-electron chi connectivity index (χ0n) is 43.0. The molecule has 0 aliphatic carbocycles. The van der Waals surface area contributed by atoms with Gasteiger partial charge in [0.05, 0.1) is 25.4 Å². The second-order valence-electron chi connectivity index (χ2n) is 19.6. The van der Waals surface area contributed by atoms with Gasteiger partial charge in [0.25, 0.3) is 0 Å². The van der Waals surface area contributed by atoms with E-state index in [1.165, 1.54) is 225 Å². The molecule has 0 bridgehead atoms. The summed E-state index contributed by atoms with van der Waals surface area (Å²) in [6, 6.07) is -0.636. The summed E-state index contributed by atoms with van der Waals surface area (Å²) in [4.78, 5) is 24.5. The smallest absolute Gasteiger partial charge is 0.305 e. The van der Waals surface area contributed by atoms with Crippen molar-refractivity contribution in [3.05, 3.63) is 24.3 Å². The van der Waals surface area contributed by atoms with E-state index < -0.39 is 12.1 Å². The summed E-state index contributed by atoms with van der Waals surface area (Å²) in [6.45, 7) is 4.89. The second-order valence-corrected chi connectivity index (χ2v) is 19.6. The summed E-state index contributed by atoms with van der Waals surface area (Å²) in [5.41, 5.74) is 0. The van der Waals surface area contributed by atoms with Gasteiger partial charge in [-0.25, -0.2) is 0 Å². The highest BCUT2D eigenvalue weighted by Gasteiger charge is 2.18.